The third-order valence-corrected chi connectivity index (χ3v) is 8.43. The zero-order valence-electron chi connectivity index (χ0n) is 16.6. The Morgan fingerprint density at radius 1 is 1.43 bits per heavy atom. The van der Waals surface area contributed by atoms with Gasteiger partial charge < -0.3 is 10.1 Å². The molecule has 0 saturated carbocycles. The summed E-state index contributed by atoms with van der Waals surface area (Å²) in [4.78, 5) is 11.3. The number of anilines is 1. The molecule has 0 amide bonds. The second kappa shape index (κ2) is 10.0. The van der Waals surface area contributed by atoms with Crippen LogP contribution in [0.1, 0.15) is 19.8 Å². The number of hydrogen-bond donors (Lipinski definition) is 1. The molecule has 3 rings (SSSR count). The van der Waals surface area contributed by atoms with Gasteiger partial charge in [-0.2, -0.15) is 4.31 Å². The van der Waals surface area contributed by atoms with Crippen molar-refractivity contribution in [3.05, 3.63) is 28.3 Å². The lowest BCUT2D eigenvalue weighted by Crippen LogP contribution is -2.39. The van der Waals surface area contributed by atoms with Crippen LogP contribution in [0.2, 0.25) is 0 Å². The fourth-order valence-corrected chi connectivity index (χ4v) is 6.52. The molecule has 0 spiro atoms. The van der Waals surface area contributed by atoms with Crippen molar-refractivity contribution >= 4 is 43.9 Å². The lowest BCUT2D eigenvalue weighted by Gasteiger charge is -2.30. The molecule has 10 nitrogen and oxygen atoms in total. The second-order valence-corrected chi connectivity index (χ2v) is 11.1. The highest BCUT2D eigenvalue weighted by atomic mass is 32.2. The summed E-state index contributed by atoms with van der Waals surface area (Å²) in [5.74, 6) is 0.266. The number of aromatic nitrogens is 2. The minimum Gasteiger partial charge on any atom is -0.383 e. The molecule has 0 aliphatic carbocycles. The molecule has 1 aliphatic heterocycles. The zero-order chi connectivity index (χ0) is 21.7. The van der Waals surface area contributed by atoms with Crippen molar-refractivity contribution < 1.29 is 18.1 Å². The molecule has 164 valence electrons. The Hall–Kier alpha value is -1.80. The second-order valence-electron chi connectivity index (χ2n) is 6.89. The van der Waals surface area contributed by atoms with Crippen LogP contribution < -0.4 is 5.32 Å². The van der Waals surface area contributed by atoms with E-state index >= 15 is 0 Å². The van der Waals surface area contributed by atoms with Crippen molar-refractivity contribution in [1.29, 1.82) is 0 Å². The lowest BCUT2D eigenvalue weighted by atomic mass is 10.0. The van der Waals surface area contributed by atoms with Gasteiger partial charge in [-0.05, 0) is 42.7 Å². The number of ether oxygens (including phenoxy) is 1. The third kappa shape index (κ3) is 5.46. The van der Waals surface area contributed by atoms with Gasteiger partial charge in [0.2, 0.25) is 15.2 Å². The quantitative estimate of drug-likeness (QED) is 0.332. The molecule has 1 aromatic heterocycles. The number of nitro benzene ring substituents is 1. The van der Waals surface area contributed by atoms with Crippen LogP contribution in [0.3, 0.4) is 0 Å². The molecule has 0 radical (unpaired) electrons. The van der Waals surface area contributed by atoms with Gasteiger partial charge in [-0.15, -0.1) is 10.2 Å². The summed E-state index contributed by atoms with van der Waals surface area (Å²) in [5.41, 5.74) is -0.268. The van der Waals surface area contributed by atoms with Crippen molar-refractivity contribution in [3.63, 3.8) is 0 Å². The largest absolute Gasteiger partial charge is 0.383 e. The van der Waals surface area contributed by atoms with Crippen LogP contribution in [0.4, 0.5) is 10.8 Å². The van der Waals surface area contributed by atoms with Crippen LogP contribution in [0.15, 0.2) is 32.3 Å². The summed E-state index contributed by atoms with van der Waals surface area (Å²) in [6.07, 6.45) is 1.76. The molecule has 30 heavy (non-hydrogen) atoms. The van der Waals surface area contributed by atoms with Crippen LogP contribution in [0, 0.1) is 16.0 Å². The van der Waals surface area contributed by atoms with Gasteiger partial charge >= 0.3 is 0 Å². The van der Waals surface area contributed by atoms with E-state index in [2.05, 4.69) is 15.5 Å². The molecule has 13 heteroatoms. The van der Waals surface area contributed by atoms with E-state index in [0.717, 1.165) is 30.7 Å². The van der Waals surface area contributed by atoms with E-state index in [0.29, 0.717) is 40.6 Å². The number of sulfonamides is 1. The van der Waals surface area contributed by atoms with Crippen molar-refractivity contribution in [2.24, 2.45) is 5.92 Å². The number of piperidine rings is 1. The number of rotatable bonds is 9. The highest BCUT2D eigenvalue weighted by Gasteiger charge is 2.30. The summed E-state index contributed by atoms with van der Waals surface area (Å²) >= 11 is 2.34. The maximum Gasteiger partial charge on any atom is 0.284 e. The number of nitro groups is 1. The van der Waals surface area contributed by atoms with Crippen molar-refractivity contribution in [2.75, 3.05) is 38.7 Å². The van der Waals surface area contributed by atoms with E-state index < -0.39 is 14.9 Å². The number of benzene rings is 1. The number of nitrogens with one attached hydrogen (secondary N) is 1. The molecule has 1 N–H and O–H groups in total. The predicted octanol–water partition coefficient (Wildman–Crippen LogP) is 3.08. The molecule has 1 aromatic carbocycles. The van der Waals surface area contributed by atoms with Crippen LogP contribution in [0.25, 0.3) is 0 Å². The summed E-state index contributed by atoms with van der Waals surface area (Å²) in [6, 6.07) is 4.01. The van der Waals surface area contributed by atoms with E-state index in [9.17, 15) is 18.5 Å². The van der Waals surface area contributed by atoms with Crippen LogP contribution in [0.5, 0.6) is 0 Å². The Morgan fingerprint density at radius 3 is 2.93 bits per heavy atom. The van der Waals surface area contributed by atoms with E-state index in [4.69, 9.17) is 4.74 Å². The van der Waals surface area contributed by atoms with Gasteiger partial charge in [-0.1, -0.05) is 18.3 Å². The molecule has 1 aliphatic rings. The molecule has 1 atom stereocenters. The molecular formula is C17H23N5O5S3. The first kappa shape index (κ1) is 22.9. The fourth-order valence-electron chi connectivity index (χ4n) is 3.08. The average molecular weight is 474 g/mol. The fraction of sp³-hybridized carbons (Fsp3) is 0.529. The normalized spacial score (nSPS) is 17.7. The van der Waals surface area contributed by atoms with Crippen molar-refractivity contribution in [2.45, 2.75) is 33.9 Å². The molecule has 2 heterocycles. The monoisotopic (exact) mass is 473 g/mol. The number of methoxy groups -OCH3 is 1. The molecule has 1 unspecified atom stereocenters. The van der Waals surface area contributed by atoms with Crippen molar-refractivity contribution in [3.8, 4) is 0 Å². The first-order chi connectivity index (χ1) is 14.3. The van der Waals surface area contributed by atoms with Gasteiger partial charge in [0, 0.05) is 32.8 Å². The maximum atomic E-state index is 13.0. The molecular weight excluding hydrogens is 450 g/mol. The Bertz CT molecular complexity index is 997. The van der Waals surface area contributed by atoms with Gasteiger partial charge in [0.25, 0.3) is 5.69 Å². The Morgan fingerprint density at radius 2 is 2.23 bits per heavy atom. The minimum absolute atomic E-state index is 0.0631. The van der Waals surface area contributed by atoms with E-state index in [1.807, 2.05) is 6.92 Å². The molecule has 1 saturated heterocycles. The summed E-state index contributed by atoms with van der Waals surface area (Å²) in [7, 11) is -2.18. The van der Waals surface area contributed by atoms with Crippen LogP contribution in [-0.2, 0) is 14.8 Å². The van der Waals surface area contributed by atoms with Gasteiger partial charge in [0.05, 0.1) is 21.3 Å². The smallest absolute Gasteiger partial charge is 0.284 e. The van der Waals surface area contributed by atoms with E-state index in [1.54, 1.807) is 7.11 Å². The maximum absolute atomic E-state index is 13.0. The summed E-state index contributed by atoms with van der Waals surface area (Å²) in [5, 5.41) is 23.3. The third-order valence-electron chi connectivity index (χ3n) is 4.57. The first-order valence-corrected chi connectivity index (χ1v) is 12.4. The van der Waals surface area contributed by atoms with Crippen LogP contribution >= 0.6 is 23.1 Å². The predicted molar refractivity (Wildman–Crippen MR) is 115 cm³/mol. The van der Waals surface area contributed by atoms with Gasteiger partial charge in [-0.3, -0.25) is 10.1 Å². The van der Waals surface area contributed by atoms with Crippen LogP contribution in [-0.4, -0.2) is 61.2 Å². The lowest BCUT2D eigenvalue weighted by molar-refractivity contribution is -0.388. The molecule has 0 bridgehead atoms. The number of nitrogens with zero attached hydrogens (tertiary/aromatic N) is 4. The first-order valence-electron chi connectivity index (χ1n) is 9.34. The zero-order valence-corrected chi connectivity index (χ0v) is 19.1. The van der Waals surface area contributed by atoms with Gasteiger partial charge in [0.1, 0.15) is 0 Å². The van der Waals surface area contributed by atoms with E-state index in [-0.39, 0.29) is 16.5 Å². The SMILES string of the molecule is COCCNc1nnc(Sc2ccc(S(=O)(=O)N3CCCC(C)C3)cc2[N+](=O)[O-])s1. The topological polar surface area (TPSA) is 128 Å². The molecule has 2 aromatic rings. The van der Waals surface area contributed by atoms with Gasteiger partial charge in [0.15, 0.2) is 4.34 Å². The number of hydrogen-bond acceptors (Lipinski definition) is 10. The summed E-state index contributed by atoms with van der Waals surface area (Å²) in [6.45, 7) is 3.94. The Kier molecular flexibility index (Phi) is 7.63. The standard InChI is InChI=1S/C17H23N5O5S3/c1-12-4-3-8-21(11-12)30(25,26)13-5-6-15(14(10-13)22(23)24)28-17-20-19-16(29-17)18-7-9-27-2/h5-6,10,12H,3-4,7-9,11H2,1-2H3,(H,18,19). The highest BCUT2D eigenvalue weighted by Crippen LogP contribution is 2.38. The Balaban J connectivity index is 1.81. The molecule has 1 fully saturated rings. The average Bonchev–Trinajstić information content (AvgIpc) is 3.15. The van der Waals surface area contributed by atoms with Gasteiger partial charge in [-0.25, -0.2) is 8.42 Å². The highest BCUT2D eigenvalue weighted by molar-refractivity contribution is 8.01. The minimum atomic E-state index is -3.78. The van der Waals surface area contributed by atoms with Crippen molar-refractivity contribution in [1.82, 2.24) is 14.5 Å². The van der Waals surface area contributed by atoms with E-state index in [1.165, 1.54) is 27.8 Å². The Labute approximate surface area is 183 Å². The summed E-state index contributed by atoms with van der Waals surface area (Å²) < 4.78 is 32.8.